The molecule has 1 aromatic rings. The van der Waals surface area contributed by atoms with Crippen LogP contribution >= 0.6 is 0 Å². The van der Waals surface area contributed by atoms with Crippen molar-refractivity contribution >= 4 is 11.9 Å². The molecule has 0 spiro atoms. The van der Waals surface area contributed by atoms with Crippen molar-refractivity contribution in [3.8, 4) is 5.75 Å². The van der Waals surface area contributed by atoms with E-state index in [1.54, 1.807) is 11.0 Å². The maximum absolute atomic E-state index is 12.9. The molecule has 0 unspecified atom stereocenters. The molecular weight excluding hydrogens is 332 g/mol. The number of hydrogen-bond acceptors (Lipinski definition) is 4. The Labute approximate surface area is 153 Å². The van der Waals surface area contributed by atoms with E-state index < -0.39 is 5.97 Å². The fourth-order valence-corrected chi connectivity index (χ4v) is 4.03. The van der Waals surface area contributed by atoms with Crippen LogP contribution in [0, 0.1) is 17.8 Å². The van der Waals surface area contributed by atoms with Gasteiger partial charge >= 0.3 is 5.97 Å². The monoisotopic (exact) mass is 358 g/mol. The minimum absolute atomic E-state index is 0.0171. The van der Waals surface area contributed by atoms with E-state index in [1.807, 2.05) is 0 Å². The van der Waals surface area contributed by atoms with E-state index in [1.165, 1.54) is 31.4 Å². The molecule has 6 heteroatoms. The lowest BCUT2D eigenvalue weighted by atomic mass is 9.86. The second-order valence-corrected chi connectivity index (χ2v) is 8.03. The maximum Gasteiger partial charge on any atom is 0.335 e. The van der Waals surface area contributed by atoms with Gasteiger partial charge in [-0.25, -0.2) is 4.79 Å². The predicted molar refractivity (Wildman–Crippen MR) is 96.3 cm³/mol. The molecule has 2 aliphatic carbocycles. The van der Waals surface area contributed by atoms with Crippen molar-refractivity contribution in [3.63, 3.8) is 0 Å². The number of carbonyl (C=O) groups excluding carboxylic acids is 1. The van der Waals surface area contributed by atoms with Gasteiger partial charge in [0.15, 0.2) is 0 Å². The molecule has 3 fully saturated rings. The minimum atomic E-state index is -1.05. The van der Waals surface area contributed by atoms with Crippen molar-refractivity contribution in [1.29, 1.82) is 0 Å². The molecule has 1 amide bonds. The van der Waals surface area contributed by atoms with Gasteiger partial charge in [-0.05, 0) is 61.6 Å². The first-order chi connectivity index (χ1) is 12.5. The molecule has 1 saturated heterocycles. The van der Waals surface area contributed by atoms with Gasteiger partial charge in [0.05, 0.1) is 12.2 Å². The third-order valence-corrected chi connectivity index (χ3v) is 6.04. The van der Waals surface area contributed by atoms with Gasteiger partial charge in [0.1, 0.15) is 5.75 Å². The third kappa shape index (κ3) is 3.56. The van der Waals surface area contributed by atoms with Gasteiger partial charge < -0.3 is 20.5 Å². The average Bonchev–Trinajstić information content (AvgIpc) is 3.34. The Bertz CT molecular complexity index is 712. The van der Waals surface area contributed by atoms with E-state index in [2.05, 4.69) is 0 Å². The topological polar surface area (TPSA) is 92.9 Å². The van der Waals surface area contributed by atoms with Crippen molar-refractivity contribution in [1.82, 2.24) is 4.90 Å². The van der Waals surface area contributed by atoms with Crippen molar-refractivity contribution in [3.05, 3.63) is 29.3 Å². The first-order valence-electron chi connectivity index (χ1n) is 9.57. The van der Waals surface area contributed by atoms with Gasteiger partial charge in [-0.15, -0.1) is 0 Å². The number of carbonyl (C=O) groups is 2. The number of carboxylic acid groups (broad SMARTS) is 1. The van der Waals surface area contributed by atoms with E-state index in [9.17, 15) is 14.7 Å². The number of hydrogen-bond donors (Lipinski definition) is 2. The van der Waals surface area contributed by atoms with Crippen LogP contribution in [-0.4, -0.2) is 47.6 Å². The predicted octanol–water partition coefficient (Wildman–Crippen LogP) is 2.37. The van der Waals surface area contributed by atoms with Gasteiger partial charge in [-0.3, -0.25) is 4.79 Å². The summed E-state index contributed by atoms with van der Waals surface area (Å²) in [6.07, 6.45) is 5.93. The summed E-state index contributed by atoms with van der Waals surface area (Å²) in [4.78, 5) is 26.2. The zero-order chi connectivity index (χ0) is 18.3. The summed E-state index contributed by atoms with van der Waals surface area (Å²) in [6, 6.07) is 4.63. The summed E-state index contributed by atoms with van der Waals surface area (Å²) in [5, 5.41) is 9.38. The van der Waals surface area contributed by atoms with Crippen LogP contribution in [-0.2, 0) is 0 Å². The highest BCUT2D eigenvalue weighted by molar-refractivity contribution is 5.98. The van der Waals surface area contributed by atoms with E-state index in [4.69, 9.17) is 10.5 Å². The molecule has 2 saturated carbocycles. The number of likely N-dealkylation sites (tertiary alicyclic amines) is 1. The molecule has 0 radical (unpaired) electrons. The van der Waals surface area contributed by atoms with E-state index in [-0.39, 0.29) is 17.5 Å². The molecule has 6 nitrogen and oxygen atoms in total. The summed E-state index contributed by atoms with van der Waals surface area (Å²) >= 11 is 0. The van der Waals surface area contributed by atoms with Crippen molar-refractivity contribution in [2.24, 2.45) is 23.5 Å². The largest absolute Gasteiger partial charge is 0.493 e. The van der Waals surface area contributed by atoms with Crippen molar-refractivity contribution < 1.29 is 19.4 Å². The molecule has 26 heavy (non-hydrogen) atoms. The molecule has 1 aliphatic heterocycles. The molecule has 2 atom stereocenters. The maximum atomic E-state index is 12.9. The lowest BCUT2D eigenvalue weighted by molar-refractivity contribution is 0.0696. The van der Waals surface area contributed by atoms with Gasteiger partial charge in [0.25, 0.3) is 5.91 Å². The SMILES string of the molecule is N[C@@H]1CN(C(=O)c2cc(OCC3CCC3)cc(C(=O)O)c2)C[C@H]1C1CC1. The Morgan fingerprint density at radius 2 is 1.85 bits per heavy atom. The molecule has 3 N–H and O–H groups in total. The number of nitrogens with two attached hydrogens (primary N) is 1. The Hall–Kier alpha value is -2.08. The van der Waals surface area contributed by atoms with Crippen LogP contribution in [0.25, 0.3) is 0 Å². The quantitative estimate of drug-likeness (QED) is 0.814. The van der Waals surface area contributed by atoms with Gasteiger partial charge in [0, 0.05) is 24.7 Å². The van der Waals surface area contributed by atoms with Crippen LogP contribution in [0.1, 0.15) is 52.8 Å². The van der Waals surface area contributed by atoms with Crippen molar-refractivity contribution in [2.75, 3.05) is 19.7 Å². The fourth-order valence-electron chi connectivity index (χ4n) is 4.03. The smallest absolute Gasteiger partial charge is 0.335 e. The standard InChI is InChI=1S/C20H26N2O4/c21-18-10-22(9-17(18)13-4-5-13)19(23)14-6-15(20(24)25)8-16(7-14)26-11-12-2-1-3-12/h6-8,12-13,17-18H,1-5,9-11,21H2,(H,24,25)/t17-,18+/m0/s1. The molecule has 1 heterocycles. The summed E-state index contributed by atoms with van der Waals surface area (Å²) in [5.41, 5.74) is 6.68. The molecule has 0 aromatic heterocycles. The fraction of sp³-hybridized carbons (Fsp3) is 0.600. The third-order valence-electron chi connectivity index (χ3n) is 6.04. The number of benzene rings is 1. The van der Waals surface area contributed by atoms with Crippen LogP contribution in [0.5, 0.6) is 5.75 Å². The van der Waals surface area contributed by atoms with E-state index in [0.717, 1.165) is 12.8 Å². The molecule has 140 valence electrons. The lowest BCUT2D eigenvalue weighted by Crippen LogP contribution is -2.32. The second kappa shape index (κ2) is 6.91. The first kappa shape index (κ1) is 17.3. The highest BCUT2D eigenvalue weighted by Crippen LogP contribution is 2.41. The van der Waals surface area contributed by atoms with E-state index in [0.29, 0.717) is 48.8 Å². The van der Waals surface area contributed by atoms with Crippen LogP contribution in [0.2, 0.25) is 0 Å². The average molecular weight is 358 g/mol. The normalized spacial score (nSPS) is 25.8. The Kier molecular flexibility index (Phi) is 4.61. The van der Waals surface area contributed by atoms with Gasteiger partial charge in [0.2, 0.25) is 0 Å². The molecular formula is C20H26N2O4. The summed E-state index contributed by atoms with van der Waals surface area (Å²) < 4.78 is 5.79. The van der Waals surface area contributed by atoms with Gasteiger partial charge in [-0.1, -0.05) is 6.42 Å². The number of amides is 1. The number of aromatic carboxylic acids is 1. The van der Waals surface area contributed by atoms with Crippen LogP contribution in [0.3, 0.4) is 0 Å². The number of ether oxygens (including phenoxy) is 1. The first-order valence-corrected chi connectivity index (χ1v) is 9.57. The van der Waals surface area contributed by atoms with Gasteiger partial charge in [-0.2, -0.15) is 0 Å². The zero-order valence-corrected chi connectivity index (χ0v) is 14.9. The Morgan fingerprint density at radius 1 is 1.12 bits per heavy atom. The van der Waals surface area contributed by atoms with E-state index >= 15 is 0 Å². The Balaban J connectivity index is 1.50. The lowest BCUT2D eigenvalue weighted by Gasteiger charge is -2.25. The molecule has 3 aliphatic rings. The number of nitrogens with zero attached hydrogens (tertiary/aromatic N) is 1. The molecule has 1 aromatic carbocycles. The highest BCUT2D eigenvalue weighted by Gasteiger charge is 2.42. The Morgan fingerprint density at radius 3 is 2.46 bits per heavy atom. The summed E-state index contributed by atoms with van der Waals surface area (Å²) in [7, 11) is 0. The molecule has 0 bridgehead atoms. The van der Waals surface area contributed by atoms with Crippen molar-refractivity contribution in [2.45, 2.75) is 38.1 Å². The summed E-state index contributed by atoms with van der Waals surface area (Å²) in [5.74, 6) is 0.814. The zero-order valence-electron chi connectivity index (χ0n) is 14.9. The molecule has 4 rings (SSSR count). The summed E-state index contributed by atoms with van der Waals surface area (Å²) in [6.45, 7) is 1.78. The number of carboxylic acids is 1. The van der Waals surface area contributed by atoms with Crippen LogP contribution < -0.4 is 10.5 Å². The number of rotatable bonds is 6. The minimum Gasteiger partial charge on any atom is -0.493 e. The second-order valence-electron chi connectivity index (χ2n) is 8.03. The van der Waals surface area contributed by atoms with Crippen LogP contribution in [0.4, 0.5) is 0 Å². The highest BCUT2D eigenvalue weighted by atomic mass is 16.5. The van der Waals surface area contributed by atoms with Crippen LogP contribution in [0.15, 0.2) is 18.2 Å².